The van der Waals surface area contributed by atoms with E-state index in [-0.39, 0.29) is 0 Å². The van der Waals surface area contributed by atoms with Gasteiger partial charge in [-0.15, -0.1) is 0 Å². The van der Waals surface area contributed by atoms with E-state index in [1.54, 1.807) is 7.11 Å². The number of rotatable bonds is 6. The molecular formula is C14H19N3O. The standard InChI is InChI=1S/C14H19N3O/c1-15-7-3-8-16-14-6-9-17-13-5-4-11(18-2)10-12(13)14/h4-6,9-10,15H,3,7-8H2,1-2H3,(H,16,17). The van der Waals surface area contributed by atoms with Crippen LogP contribution in [0.2, 0.25) is 0 Å². The molecule has 0 bridgehead atoms. The first-order valence-corrected chi connectivity index (χ1v) is 6.16. The van der Waals surface area contributed by atoms with Gasteiger partial charge >= 0.3 is 0 Å². The molecule has 0 amide bonds. The lowest BCUT2D eigenvalue weighted by Gasteiger charge is -2.10. The van der Waals surface area contributed by atoms with Crippen LogP contribution in [0.4, 0.5) is 5.69 Å². The van der Waals surface area contributed by atoms with Crippen molar-refractivity contribution in [2.24, 2.45) is 0 Å². The average molecular weight is 245 g/mol. The van der Waals surface area contributed by atoms with Gasteiger partial charge in [-0.05, 0) is 44.3 Å². The SMILES string of the molecule is CNCCCNc1ccnc2ccc(OC)cc12. The van der Waals surface area contributed by atoms with Crippen molar-refractivity contribution in [3.05, 3.63) is 30.5 Å². The minimum atomic E-state index is 0.855. The second-order valence-corrected chi connectivity index (χ2v) is 4.13. The Morgan fingerprint density at radius 3 is 2.89 bits per heavy atom. The maximum Gasteiger partial charge on any atom is 0.119 e. The summed E-state index contributed by atoms with van der Waals surface area (Å²) in [5.41, 5.74) is 2.09. The summed E-state index contributed by atoms with van der Waals surface area (Å²) < 4.78 is 5.25. The molecule has 0 aliphatic rings. The fourth-order valence-corrected chi connectivity index (χ4v) is 1.89. The van der Waals surface area contributed by atoms with Gasteiger partial charge in [0.1, 0.15) is 5.75 Å². The van der Waals surface area contributed by atoms with Gasteiger partial charge in [0, 0.05) is 23.8 Å². The van der Waals surface area contributed by atoms with Gasteiger partial charge in [-0.25, -0.2) is 0 Å². The molecule has 4 nitrogen and oxygen atoms in total. The van der Waals surface area contributed by atoms with E-state index in [9.17, 15) is 0 Å². The summed E-state index contributed by atoms with van der Waals surface area (Å²) in [6.45, 7) is 1.95. The first-order valence-electron chi connectivity index (χ1n) is 6.16. The third kappa shape index (κ3) is 2.90. The molecule has 0 saturated heterocycles. The lowest BCUT2D eigenvalue weighted by atomic mass is 10.1. The van der Waals surface area contributed by atoms with Crippen molar-refractivity contribution >= 4 is 16.6 Å². The van der Waals surface area contributed by atoms with Crippen molar-refractivity contribution in [2.45, 2.75) is 6.42 Å². The molecule has 0 aliphatic carbocycles. The molecule has 2 aromatic rings. The number of nitrogens with one attached hydrogen (secondary N) is 2. The van der Waals surface area contributed by atoms with Gasteiger partial charge in [0.25, 0.3) is 0 Å². The van der Waals surface area contributed by atoms with Crippen LogP contribution in [-0.2, 0) is 0 Å². The summed E-state index contributed by atoms with van der Waals surface area (Å²) in [4.78, 5) is 4.35. The summed E-state index contributed by atoms with van der Waals surface area (Å²) in [5.74, 6) is 0.855. The number of hydrogen-bond acceptors (Lipinski definition) is 4. The molecule has 2 N–H and O–H groups in total. The summed E-state index contributed by atoms with van der Waals surface area (Å²) >= 11 is 0. The Balaban J connectivity index is 2.20. The molecule has 1 aromatic carbocycles. The summed E-state index contributed by atoms with van der Waals surface area (Å²) in [7, 11) is 3.64. The quantitative estimate of drug-likeness (QED) is 0.766. The topological polar surface area (TPSA) is 46.2 Å². The van der Waals surface area contributed by atoms with Crippen LogP contribution < -0.4 is 15.4 Å². The van der Waals surface area contributed by atoms with Gasteiger partial charge in [-0.1, -0.05) is 0 Å². The van der Waals surface area contributed by atoms with E-state index in [0.29, 0.717) is 0 Å². The largest absolute Gasteiger partial charge is 0.497 e. The van der Waals surface area contributed by atoms with E-state index >= 15 is 0 Å². The van der Waals surface area contributed by atoms with Crippen molar-refractivity contribution < 1.29 is 4.74 Å². The normalized spacial score (nSPS) is 10.6. The molecule has 0 aliphatic heterocycles. The minimum Gasteiger partial charge on any atom is -0.497 e. The van der Waals surface area contributed by atoms with Crippen LogP contribution in [0.1, 0.15) is 6.42 Å². The number of ether oxygens (including phenoxy) is 1. The van der Waals surface area contributed by atoms with Gasteiger partial charge < -0.3 is 15.4 Å². The van der Waals surface area contributed by atoms with Crippen molar-refractivity contribution in [3.8, 4) is 5.75 Å². The van der Waals surface area contributed by atoms with E-state index < -0.39 is 0 Å². The monoisotopic (exact) mass is 245 g/mol. The van der Waals surface area contributed by atoms with E-state index in [1.807, 2.05) is 37.5 Å². The number of aromatic nitrogens is 1. The second-order valence-electron chi connectivity index (χ2n) is 4.13. The maximum atomic E-state index is 5.25. The third-order valence-corrected chi connectivity index (χ3v) is 2.87. The maximum absolute atomic E-state index is 5.25. The Morgan fingerprint density at radius 1 is 1.22 bits per heavy atom. The van der Waals surface area contributed by atoms with Crippen molar-refractivity contribution in [1.29, 1.82) is 0 Å². The highest BCUT2D eigenvalue weighted by atomic mass is 16.5. The predicted octanol–water partition coefficient (Wildman–Crippen LogP) is 2.26. The molecule has 0 saturated carbocycles. The fraction of sp³-hybridized carbons (Fsp3) is 0.357. The number of benzene rings is 1. The third-order valence-electron chi connectivity index (χ3n) is 2.87. The lowest BCUT2D eigenvalue weighted by Crippen LogP contribution is -2.13. The number of hydrogen-bond donors (Lipinski definition) is 2. The number of pyridine rings is 1. The van der Waals surface area contributed by atoms with Gasteiger partial charge in [0.2, 0.25) is 0 Å². The lowest BCUT2D eigenvalue weighted by molar-refractivity contribution is 0.415. The molecule has 1 heterocycles. The molecule has 0 spiro atoms. The molecule has 0 atom stereocenters. The Labute approximate surface area is 107 Å². The van der Waals surface area contributed by atoms with Crippen LogP contribution in [0.5, 0.6) is 5.75 Å². The molecule has 1 aromatic heterocycles. The smallest absolute Gasteiger partial charge is 0.119 e. The van der Waals surface area contributed by atoms with Gasteiger partial charge in [0.15, 0.2) is 0 Å². The zero-order chi connectivity index (χ0) is 12.8. The van der Waals surface area contributed by atoms with E-state index in [2.05, 4.69) is 15.6 Å². The number of methoxy groups -OCH3 is 1. The summed E-state index contributed by atoms with van der Waals surface area (Å²) in [6, 6.07) is 7.93. The van der Waals surface area contributed by atoms with E-state index in [4.69, 9.17) is 4.74 Å². The highest BCUT2D eigenvalue weighted by Gasteiger charge is 2.03. The van der Waals surface area contributed by atoms with E-state index in [1.165, 1.54) is 0 Å². The molecule has 96 valence electrons. The molecule has 0 radical (unpaired) electrons. The Bertz CT molecular complexity index is 513. The predicted molar refractivity (Wildman–Crippen MR) is 75.3 cm³/mol. The zero-order valence-electron chi connectivity index (χ0n) is 10.9. The van der Waals surface area contributed by atoms with Crippen LogP contribution in [0.25, 0.3) is 10.9 Å². The van der Waals surface area contributed by atoms with Crippen molar-refractivity contribution in [2.75, 3.05) is 32.6 Å². The Morgan fingerprint density at radius 2 is 2.11 bits per heavy atom. The van der Waals surface area contributed by atoms with Gasteiger partial charge in [-0.2, -0.15) is 0 Å². The van der Waals surface area contributed by atoms with Crippen LogP contribution in [0.15, 0.2) is 30.5 Å². The van der Waals surface area contributed by atoms with E-state index in [0.717, 1.165) is 41.9 Å². The fourth-order valence-electron chi connectivity index (χ4n) is 1.89. The molecule has 18 heavy (non-hydrogen) atoms. The first-order chi connectivity index (χ1) is 8.85. The van der Waals surface area contributed by atoms with Crippen LogP contribution in [0.3, 0.4) is 0 Å². The molecule has 0 fully saturated rings. The van der Waals surface area contributed by atoms with Crippen LogP contribution in [0, 0.1) is 0 Å². The van der Waals surface area contributed by atoms with Crippen molar-refractivity contribution in [3.63, 3.8) is 0 Å². The Kier molecular flexibility index (Phi) is 4.36. The molecule has 2 rings (SSSR count). The second kappa shape index (κ2) is 6.21. The van der Waals surface area contributed by atoms with Crippen LogP contribution >= 0.6 is 0 Å². The average Bonchev–Trinajstić information content (AvgIpc) is 2.43. The zero-order valence-corrected chi connectivity index (χ0v) is 10.9. The molecule has 0 unspecified atom stereocenters. The number of anilines is 1. The number of fused-ring (bicyclic) bond motifs is 1. The summed E-state index contributed by atoms with van der Waals surface area (Å²) in [5, 5.41) is 7.67. The van der Waals surface area contributed by atoms with Crippen molar-refractivity contribution in [1.82, 2.24) is 10.3 Å². The Hall–Kier alpha value is -1.81. The molecular weight excluding hydrogens is 226 g/mol. The highest BCUT2D eigenvalue weighted by molar-refractivity contribution is 5.92. The number of nitrogens with zero attached hydrogens (tertiary/aromatic N) is 1. The van der Waals surface area contributed by atoms with Gasteiger partial charge in [0.05, 0.1) is 12.6 Å². The van der Waals surface area contributed by atoms with Gasteiger partial charge in [-0.3, -0.25) is 4.98 Å². The molecule has 4 heteroatoms. The minimum absolute atomic E-state index is 0.855. The highest BCUT2D eigenvalue weighted by Crippen LogP contribution is 2.25. The first kappa shape index (κ1) is 12.6. The van der Waals surface area contributed by atoms with Crippen LogP contribution in [-0.4, -0.2) is 32.2 Å². The summed E-state index contributed by atoms with van der Waals surface area (Å²) in [6.07, 6.45) is 2.92.